The van der Waals surface area contributed by atoms with Gasteiger partial charge in [-0.3, -0.25) is 4.79 Å². The lowest BCUT2D eigenvalue weighted by molar-refractivity contribution is -0.124. The molecule has 5 heteroatoms. The number of hydrogen-bond donors (Lipinski definition) is 2. The van der Waals surface area contributed by atoms with E-state index >= 15 is 0 Å². The monoisotopic (exact) mass is 318 g/mol. The molecule has 0 aliphatic rings. The summed E-state index contributed by atoms with van der Waals surface area (Å²) in [5, 5.41) is 2.96. The predicted molar refractivity (Wildman–Crippen MR) is 76.2 cm³/mol. The third kappa shape index (κ3) is 5.66. The number of carbonyl (C=O) groups excluding carboxylic acids is 1. The summed E-state index contributed by atoms with van der Waals surface area (Å²) in [5.41, 5.74) is 5.42. The van der Waals surface area contributed by atoms with Crippen molar-refractivity contribution in [1.29, 1.82) is 0 Å². The molecule has 1 amide bonds. The minimum absolute atomic E-state index is 0.0635. The number of nitrogens with two attached hydrogens (primary N) is 1. The Labute approximate surface area is 115 Å². The highest BCUT2D eigenvalue weighted by atomic mass is 79.9. The first-order valence-electron chi connectivity index (χ1n) is 5.85. The van der Waals surface area contributed by atoms with Gasteiger partial charge in [0.05, 0.1) is 3.79 Å². The van der Waals surface area contributed by atoms with Crippen molar-refractivity contribution in [3.63, 3.8) is 0 Å². The molecule has 0 saturated carbocycles. The van der Waals surface area contributed by atoms with E-state index < -0.39 is 0 Å². The van der Waals surface area contributed by atoms with E-state index in [0.717, 1.165) is 23.0 Å². The minimum Gasteiger partial charge on any atom is -0.356 e. The topological polar surface area (TPSA) is 55.1 Å². The number of halogens is 1. The van der Waals surface area contributed by atoms with Crippen LogP contribution in [-0.2, 0) is 11.2 Å². The van der Waals surface area contributed by atoms with Crippen LogP contribution in [0.5, 0.6) is 0 Å². The van der Waals surface area contributed by atoms with Crippen LogP contribution in [0.15, 0.2) is 15.9 Å². The average molecular weight is 319 g/mol. The molecular formula is C12H19BrN2OS. The lowest BCUT2D eigenvalue weighted by Crippen LogP contribution is -2.31. The van der Waals surface area contributed by atoms with E-state index in [-0.39, 0.29) is 11.8 Å². The van der Waals surface area contributed by atoms with Gasteiger partial charge in [-0.1, -0.05) is 6.92 Å². The maximum atomic E-state index is 11.7. The molecule has 17 heavy (non-hydrogen) atoms. The fraction of sp³-hybridized carbons (Fsp3) is 0.583. The smallest absolute Gasteiger partial charge is 0.222 e. The molecule has 0 radical (unpaired) electrons. The fourth-order valence-electron chi connectivity index (χ4n) is 1.52. The molecule has 0 fully saturated rings. The molecule has 1 unspecified atom stereocenters. The van der Waals surface area contributed by atoms with Gasteiger partial charge in [-0.05, 0) is 53.9 Å². The molecule has 1 atom stereocenters. The first kappa shape index (κ1) is 14.7. The second-order valence-corrected chi connectivity index (χ2v) is 6.63. The maximum Gasteiger partial charge on any atom is 0.222 e. The lowest BCUT2D eigenvalue weighted by Gasteiger charge is -2.11. The Morgan fingerprint density at radius 1 is 1.59 bits per heavy atom. The zero-order valence-electron chi connectivity index (χ0n) is 10.0. The molecule has 3 nitrogen and oxygen atoms in total. The zero-order valence-corrected chi connectivity index (χ0v) is 12.4. The van der Waals surface area contributed by atoms with Crippen LogP contribution in [0.25, 0.3) is 0 Å². The van der Waals surface area contributed by atoms with Gasteiger partial charge in [-0.15, -0.1) is 11.3 Å². The Balaban J connectivity index is 2.19. The van der Waals surface area contributed by atoms with Gasteiger partial charge in [0, 0.05) is 17.3 Å². The van der Waals surface area contributed by atoms with Gasteiger partial charge in [-0.25, -0.2) is 0 Å². The van der Waals surface area contributed by atoms with Crippen LogP contribution in [0, 0.1) is 5.92 Å². The largest absolute Gasteiger partial charge is 0.356 e. The molecule has 0 aromatic carbocycles. The van der Waals surface area contributed by atoms with E-state index in [4.69, 9.17) is 5.73 Å². The second-order valence-electron chi connectivity index (χ2n) is 4.08. The molecule has 1 aromatic rings. The molecule has 1 heterocycles. The number of thiophene rings is 1. The molecule has 0 saturated heterocycles. The molecule has 0 spiro atoms. The standard InChI is InChI=1S/C12H19BrN2OS/c1-9(3-2-7-14)12(16)15-8-6-10-4-5-11(13)17-10/h4-5,9H,2-3,6-8,14H2,1H3,(H,15,16). The first-order chi connectivity index (χ1) is 8.13. The van der Waals surface area contributed by atoms with Crippen molar-refractivity contribution in [3.05, 3.63) is 20.8 Å². The van der Waals surface area contributed by atoms with Gasteiger partial charge in [-0.2, -0.15) is 0 Å². The molecule has 96 valence electrons. The zero-order chi connectivity index (χ0) is 12.7. The number of amides is 1. The Morgan fingerprint density at radius 2 is 2.35 bits per heavy atom. The minimum atomic E-state index is 0.0635. The molecule has 1 rings (SSSR count). The third-order valence-electron chi connectivity index (χ3n) is 2.59. The fourth-order valence-corrected chi connectivity index (χ4v) is 3.01. The van der Waals surface area contributed by atoms with Crippen molar-refractivity contribution in [2.75, 3.05) is 13.1 Å². The Kier molecular flexibility index (Phi) is 6.77. The number of rotatable bonds is 7. The van der Waals surface area contributed by atoms with E-state index in [0.29, 0.717) is 13.1 Å². The van der Waals surface area contributed by atoms with Crippen molar-refractivity contribution in [1.82, 2.24) is 5.32 Å². The predicted octanol–water partition coefficient (Wildman–Crippen LogP) is 2.54. The second kappa shape index (κ2) is 7.84. The molecular weight excluding hydrogens is 300 g/mol. The molecule has 3 N–H and O–H groups in total. The highest BCUT2D eigenvalue weighted by Gasteiger charge is 2.11. The van der Waals surface area contributed by atoms with Gasteiger partial charge < -0.3 is 11.1 Å². The van der Waals surface area contributed by atoms with Crippen LogP contribution >= 0.6 is 27.3 Å². The quantitative estimate of drug-likeness (QED) is 0.811. The summed E-state index contributed by atoms with van der Waals surface area (Å²) in [7, 11) is 0. The van der Waals surface area contributed by atoms with Gasteiger partial charge >= 0.3 is 0 Å². The SMILES string of the molecule is CC(CCCN)C(=O)NCCc1ccc(Br)s1. The number of nitrogens with one attached hydrogen (secondary N) is 1. The van der Waals surface area contributed by atoms with Crippen LogP contribution in [0.2, 0.25) is 0 Å². The number of hydrogen-bond acceptors (Lipinski definition) is 3. The van der Waals surface area contributed by atoms with Gasteiger partial charge in [0.25, 0.3) is 0 Å². The highest BCUT2D eigenvalue weighted by molar-refractivity contribution is 9.11. The van der Waals surface area contributed by atoms with Crippen molar-refractivity contribution in [3.8, 4) is 0 Å². The average Bonchev–Trinajstić information content (AvgIpc) is 2.71. The summed E-state index contributed by atoms with van der Waals surface area (Å²) in [6.07, 6.45) is 2.67. The maximum absolute atomic E-state index is 11.7. The van der Waals surface area contributed by atoms with Crippen LogP contribution in [0.1, 0.15) is 24.6 Å². The molecule has 0 bridgehead atoms. The summed E-state index contributed by atoms with van der Waals surface area (Å²) < 4.78 is 1.13. The molecule has 1 aromatic heterocycles. The van der Waals surface area contributed by atoms with Crippen molar-refractivity contribution in [2.45, 2.75) is 26.2 Å². The first-order valence-corrected chi connectivity index (χ1v) is 7.46. The Bertz CT molecular complexity index is 354. The Hall–Kier alpha value is -0.390. The Morgan fingerprint density at radius 3 is 2.94 bits per heavy atom. The van der Waals surface area contributed by atoms with Crippen LogP contribution in [0.4, 0.5) is 0 Å². The summed E-state index contributed by atoms with van der Waals surface area (Å²) in [6, 6.07) is 4.12. The van der Waals surface area contributed by atoms with E-state index in [1.165, 1.54) is 4.88 Å². The number of carbonyl (C=O) groups is 1. The summed E-state index contributed by atoms with van der Waals surface area (Å²) in [5.74, 6) is 0.197. The summed E-state index contributed by atoms with van der Waals surface area (Å²) in [4.78, 5) is 13.0. The van der Waals surface area contributed by atoms with Crippen LogP contribution in [-0.4, -0.2) is 19.0 Å². The van der Waals surface area contributed by atoms with Crippen molar-refractivity contribution < 1.29 is 4.79 Å². The van der Waals surface area contributed by atoms with E-state index in [1.54, 1.807) is 11.3 Å². The molecule has 0 aliphatic carbocycles. The third-order valence-corrected chi connectivity index (χ3v) is 4.27. The summed E-state index contributed by atoms with van der Waals surface area (Å²) >= 11 is 5.13. The molecule has 0 aliphatic heterocycles. The van der Waals surface area contributed by atoms with Crippen molar-refractivity contribution >= 4 is 33.2 Å². The van der Waals surface area contributed by atoms with Gasteiger partial charge in [0.15, 0.2) is 0 Å². The van der Waals surface area contributed by atoms with E-state index in [9.17, 15) is 4.79 Å². The lowest BCUT2D eigenvalue weighted by atomic mass is 10.1. The normalized spacial score (nSPS) is 12.4. The van der Waals surface area contributed by atoms with Gasteiger partial charge in [0.2, 0.25) is 5.91 Å². The van der Waals surface area contributed by atoms with Gasteiger partial charge in [0.1, 0.15) is 0 Å². The summed E-state index contributed by atoms with van der Waals surface area (Å²) in [6.45, 7) is 3.31. The van der Waals surface area contributed by atoms with E-state index in [2.05, 4.69) is 27.3 Å². The van der Waals surface area contributed by atoms with E-state index in [1.807, 2.05) is 13.0 Å². The van der Waals surface area contributed by atoms with Crippen LogP contribution in [0.3, 0.4) is 0 Å². The highest BCUT2D eigenvalue weighted by Crippen LogP contribution is 2.22. The van der Waals surface area contributed by atoms with Crippen LogP contribution < -0.4 is 11.1 Å². The van der Waals surface area contributed by atoms with Crippen molar-refractivity contribution in [2.24, 2.45) is 11.7 Å².